The molecule has 2 aliphatic rings. The summed E-state index contributed by atoms with van der Waals surface area (Å²) in [5.74, 6) is 0. The van der Waals surface area contributed by atoms with Gasteiger partial charge in [-0.05, 0) is 41.7 Å². The van der Waals surface area contributed by atoms with Gasteiger partial charge in [0, 0.05) is 58.4 Å². The summed E-state index contributed by atoms with van der Waals surface area (Å²) in [5.41, 5.74) is 3.99. The molecule has 1 aliphatic carbocycles. The van der Waals surface area contributed by atoms with Crippen LogP contribution < -0.4 is 0 Å². The number of benzene rings is 2. The van der Waals surface area contributed by atoms with Crippen molar-refractivity contribution < 1.29 is 4.39 Å². The molecule has 0 amide bonds. The molecule has 182 valence electrons. The molecule has 0 radical (unpaired) electrons. The summed E-state index contributed by atoms with van der Waals surface area (Å²) in [6, 6.07) is 19.0. The van der Waals surface area contributed by atoms with Crippen LogP contribution in [-0.2, 0) is 19.8 Å². The first kappa shape index (κ1) is 24.9. The second-order valence-corrected chi connectivity index (χ2v) is 10.00. The van der Waals surface area contributed by atoms with Gasteiger partial charge in [0.05, 0.1) is 11.6 Å². The van der Waals surface area contributed by atoms with Gasteiger partial charge in [0.25, 0.3) is 0 Å². The van der Waals surface area contributed by atoms with Gasteiger partial charge in [0.2, 0.25) is 0 Å². The lowest BCUT2D eigenvalue weighted by molar-refractivity contribution is 0.0971. The zero-order valence-electron chi connectivity index (χ0n) is 20.5. The number of hydrogen-bond acceptors (Lipinski definition) is 4. The van der Waals surface area contributed by atoms with Gasteiger partial charge in [0.1, 0.15) is 6.67 Å². The number of hydrogen-bond donors (Lipinski definition) is 0. The maximum Gasteiger partial charge on any atom is 0.115 e. The van der Waals surface area contributed by atoms with Crippen molar-refractivity contribution in [1.82, 2.24) is 14.7 Å². The molecule has 4 nitrogen and oxygen atoms in total. The SMILES string of the molecule is N#Cc1cccc(CN(CCN2CCN(Cc3cccc(CF)c3)CC2)C2CCCCCC2)c1. The second kappa shape index (κ2) is 13.0. The summed E-state index contributed by atoms with van der Waals surface area (Å²) in [7, 11) is 0. The van der Waals surface area contributed by atoms with Gasteiger partial charge < -0.3 is 0 Å². The van der Waals surface area contributed by atoms with Crippen LogP contribution in [0.4, 0.5) is 4.39 Å². The predicted molar refractivity (Wildman–Crippen MR) is 136 cm³/mol. The Bertz CT molecular complexity index is 924. The molecule has 5 heteroatoms. The van der Waals surface area contributed by atoms with E-state index in [0.29, 0.717) is 6.04 Å². The Morgan fingerprint density at radius 1 is 0.853 bits per heavy atom. The van der Waals surface area contributed by atoms with E-state index < -0.39 is 0 Å². The smallest absolute Gasteiger partial charge is 0.115 e. The van der Waals surface area contributed by atoms with E-state index >= 15 is 0 Å². The van der Waals surface area contributed by atoms with Crippen molar-refractivity contribution in [2.24, 2.45) is 0 Å². The molecule has 2 fully saturated rings. The molecule has 34 heavy (non-hydrogen) atoms. The van der Waals surface area contributed by atoms with Gasteiger partial charge in [-0.2, -0.15) is 5.26 Å². The molecule has 0 aromatic heterocycles. The van der Waals surface area contributed by atoms with E-state index in [1.165, 1.54) is 49.7 Å². The minimum atomic E-state index is -0.389. The Kier molecular flexibility index (Phi) is 9.50. The Balaban J connectivity index is 1.30. The van der Waals surface area contributed by atoms with Crippen molar-refractivity contribution in [2.45, 2.75) is 64.3 Å². The molecule has 2 aromatic carbocycles. The van der Waals surface area contributed by atoms with Crippen molar-refractivity contribution in [1.29, 1.82) is 5.26 Å². The van der Waals surface area contributed by atoms with Crippen LogP contribution in [0.25, 0.3) is 0 Å². The fourth-order valence-electron chi connectivity index (χ4n) is 5.50. The van der Waals surface area contributed by atoms with Gasteiger partial charge in [-0.25, -0.2) is 4.39 Å². The number of nitrogens with zero attached hydrogens (tertiary/aromatic N) is 4. The second-order valence-electron chi connectivity index (χ2n) is 10.00. The molecule has 0 N–H and O–H groups in total. The number of nitriles is 1. The zero-order chi connectivity index (χ0) is 23.6. The van der Waals surface area contributed by atoms with Crippen LogP contribution in [0.5, 0.6) is 0 Å². The maximum absolute atomic E-state index is 13.0. The van der Waals surface area contributed by atoms with Crippen LogP contribution >= 0.6 is 0 Å². The molecular formula is C29H39FN4. The third-order valence-electron chi connectivity index (χ3n) is 7.50. The van der Waals surface area contributed by atoms with Crippen molar-refractivity contribution in [3.63, 3.8) is 0 Å². The topological polar surface area (TPSA) is 33.5 Å². The molecule has 0 spiro atoms. The number of halogens is 1. The number of alkyl halides is 1. The molecule has 1 aliphatic heterocycles. The Morgan fingerprint density at radius 3 is 2.26 bits per heavy atom. The van der Waals surface area contributed by atoms with Gasteiger partial charge in [-0.3, -0.25) is 14.7 Å². The quantitative estimate of drug-likeness (QED) is 0.469. The van der Waals surface area contributed by atoms with Crippen molar-refractivity contribution in [3.05, 3.63) is 70.8 Å². The fourth-order valence-corrected chi connectivity index (χ4v) is 5.50. The summed E-state index contributed by atoms with van der Waals surface area (Å²) >= 11 is 0. The summed E-state index contributed by atoms with van der Waals surface area (Å²) in [4.78, 5) is 7.78. The third kappa shape index (κ3) is 7.37. The lowest BCUT2D eigenvalue weighted by atomic mass is 10.0. The minimum absolute atomic E-state index is 0.389. The highest BCUT2D eigenvalue weighted by Crippen LogP contribution is 2.24. The van der Waals surface area contributed by atoms with Gasteiger partial charge in [-0.1, -0.05) is 62.1 Å². The van der Waals surface area contributed by atoms with Crippen LogP contribution in [0.1, 0.15) is 60.8 Å². The first-order valence-electron chi connectivity index (χ1n) is 13.0. The van der Waals surface area contributed by atoms with E-state index in [1.54, 1.807) is 0 Å². The molecule has 1 saturated heterocycles. The molecule has 0 atom stereocenters. The summed E-state index contributed by atoms with van der Waals surface area (Å²) in [5, 5.41) is 9.31. The Hall–Kier alpha value is -2.26. The lowest BCUT2D eigenvalue weighted by Crippen LogP contribution is -2.49. The Morgan fingerprint density at radius 2 is 1.53 bits per heavy atom. The summed E-state index contributed by atoms with van der Waals surface area (Å²) < 4.78 is 13.0. The molecule has 0 bridgehead atoms. The molecule has 4 rings (SSSR count). The highest BCUT2D eigenvalue weighted by molar-refractivity contribution is 5.32. The predicted octanol–water partition coefficient (Wildman–Crippen LogP) is 5.37. The van der Waals surface area contributed by atoms with Crippen LogP contribution in [0.15, 0.2) is 48.5 Å². The van der Waals surface area contributed by atoms with E-state index in [4.69, 9.17) is 0 Å². The van der Waals surface area contributed by atoms with E-state index in [0.717, 1.165) is 63.5 Å². The molecule has 1 saturated carbocycles. The van der Waals surface area contributed by atoms with Gasteiger partial charge >= 0.3 is 0 Å². The highest BCUT2D eigenvalue weighted by Gasteiger charge is 2.23. The number of rotatable bonds is 9. The first-order chi connectivity index (χ1) is 16.7. The van der Waals surface area contributed by atoms with E-state index in [9.17, 15) is 9.65 Å². The standard InChI is InChI=1S/C29H39FN4/c30-21-25-7-5-9-27(19-25)23-33-15-13-32(14-16-33)17-18-34(29-11-3-1-2-4-12-29)24-28-10-6-8-26(20-28)22-31/h5-10,19-20,29H,1-4,11-18,21,23-24H2. The van der Waals surface area contributed by atoms with Gasteiger partial charge in [0.15, 0.2) is 0 Å². The molecule has 0 unspecified atom stereocenters. The Labute approximate surface area is 205 Å². The van der Waals surface area contributed by atoms with E-state index in [-0.39, 0.29) is 6.67 Å². The van der Waals surface area contributed by atoms with Crippen LogP contribution in [0.2, 0.25) is 0 Å². The third-order valence-corrected chi connectivity index (χ3v) is 7.50. The van der Waals surface area contributed by atoms with Gasteiger partial charge in [-0.15, -0.1) is 0 Å². The minimum Gasteiger partial charge on any atom is -0.300 e. The van der Waals surface area contributed by atoms with Crippen molar-refractivity contribution in [3.8, 4) is 6.07 Å². The summed E-state index contributed by atoms with van der Waals surface area (Å²) in [6.07, 6.45) is 7.99. The average Bonchev–Trinajstić information content (AvgIpc) is 3.17. The monoisotopic (exact) mass is 462 g/mol. The van der Waals surface area contributed by atoms with E-state index in [2.05, 4.69) is 39.0 Å². The molecule has 2 aromatic rings. The van der Waals surface area contributed by atoms with Crippen LogP contribution in [0.3, 0.4) is 0 Å². The number of piperazine rings is 1. The largest absolute Gasteiger partial charge is 0.300 e. The molecule has 1 heterocycles. The summed E-state index contributed by atoms with van der Waals surface area (Å²) in [6.45, 7) is 7.94. The van der Waals surface area contributed by atoms with Crippen molar-refractivity contribution >= 4 is 0 Å². The van der Waals surface area contributed by atoms with Crippen molar-refractivity contribution in [2.75, 3.05) is 39.3 Å². The van der Waals surface area contributed by atoms with Crippen LogP contribution in [-0.4, -0.2) is 60.0 Å². The normalized spacial score (nSPS) is 18.6. The first-order valence-corrected chi connectivity index (χ1v) is 13.0. The molecular weight excluding hydrogens is 423 g/mol. The zero-order valence-corrected chi connectivity index (χ0v) is 20.5. The van der Waals surface area contributed by atoms with Crippen LogP contribution in [0, 0.1) is 11.3 Å². The average molecular weight is 463 g/mol. The maximum atomic E-state index is 13.0. The lowest BCUT2D eigenvalue weighted by Gasteiger charge is -2.37. The van der Waals surface area contributed by atoms with E-state index in [1.807, 2.05) is 30.3 Å². The fraction of sp³-hybridized carbons (Fsp3) is 0.552. The highest BCUT2D eigenvalue weighted by atomic mass is 19.1.